The Morgan fingerprint density at radius 2 is 1.90 bits per heavy atom. The number of urea groups is 1. The van der Waals surface area contributed by atoms with E-state index in [-0.39, 0.29) is 11.0 Å². The van der Waals surface area contributed by atoms with E-state index in [4.69, 9.17) is 5.11 Å². The van der Waals surface area contributed by atoms with Crippen molar-refractivity contribution in [3.8, 4) is 0 Å². The van der Waals surface area contributed by atoms with Gasteiger partial charge in [-0.15, -0.1) is 0 Å². The molecule has 0 fully saturated rings. The number of nitrogens with one attached hydrogen (secondary N) is 3. The Labute approximate surface area is 128 Å². The van der Waals surface area contributed by atoms with E-state index in [1.807, 2.05) is 0 Å². The highest BCUT2D eigenvalue weighted by atomic mass is 79.9. The second-order valence-electron chi connectivity index (χ2n) is 4.06. The molecule has 0 aliphatic heterocycles. The van der Waals surface area contributed by atoms with Gasteiger partial charge in [-0.25, -0.2) is 9.18 Å². The normalized spacial score (nSPS) is 9.86. The molecule has 0 heterocycles. The lowest BCUT2D eigenvalue weighted by Crippen LogP contribution is -2.40. The maximum Gasteiger partial charge on any atom is 0.322 e. The number of carbonyl (C=O) groups excluding carboxylic acids is 2. The number of carboxylic acids is 1. The van der Waals surface area contributed by atoms with Crippen molar-refractivity contribution in [1.82, 2.24) is 10.6 Å². The molecule has 0 atom stereocenters. The van der Waals surface area contributed by atoms with Gasteiger partial charge < -0.3 is 21.1 Å². The van der Waals surface area contributed by atoms with Gasteiger partial charge in [-0.05, 0) is 40.5 Å². The molecule has 0 bridgehead atoms. The van der Waals surface area contributed by atoms with E-state index in [0.29, 0.717) is 11.3 Å². The van der Waals surface area contributed by atoms with Crippen LogP contribution >= 0.6 is 15.9 Å². The Hall–Kier alpha value is -2.16. The number of carboxylic acid groups (broad SMARTS) is 1. The summed E-state index contributed by atoms with van der Waals surface area (Å²) in [5.41, 5.74) is 0.896. The van der Waals surface area contributed by atoms with Crippen LogP contribution in [0.15, 0.2) is 16.6 Å². The molecule has 0 aliphatic rings. The molecule has 0 unspecified atom stereocenters. The highest BCUT2D eigenvalue weighted by Gasteiger charge is 2.10. The van der Waals surface area contributed by atoms with Gasteiger partial charge >= 0.3 is 12.0 Å². The molecule has 0 aliphatic carbocycles. The van der Waals surface area contributed by atoms with Gasteiger partial charge in [0, 0.05) is 5.69 Å². The van der Waals surface area contributed by atoms with Crippen molar-refractivity contribution >= 4 is 39.5 Å². The van der Waals surface area contributed by atoms with E-state index < -0.39 is 30.3 Å². The second kappa shape index (κ2) is 7.58. The largest absolute Gasteiger partial charge is 0.480 e. The third kappa shape index (κ3) is 5.78. The highest BCUT2D eigenvalue weighted by Crippen LogP contribution is 2.24. The summed E-state index contributed by atoms with van der Waals surface area (Å²) in [4.78, 5) is 33.0. The van der Waals surface area contributed by atoms with Crippen LogP contribution in [0.1, 0.15) is 5.56 Å². The standard InChI is InChI=1S/C12H13BrFN3O4/c1-6-2-8(14)7(13)3-9(6)17-12(21)16-4-10(18)15-5-11(19)20/h2-3H,4-5H2,1H3,(H,15,18)(H,19,20)(H2,16,17,21). The average molecular weight is 362 g/mol. The molecule has 7 nitrogen and oxygen atoms in total. The number of amides is 3. The zero-order valence-electron chi connectivity index (χ0n) is 11.0. The van der Waals surface area contributed by atoms with Crippen molar-refractivity contribution < 1.29 is 23.9 Å². The van der Waals surface area contributed by atoms with Gasteiger partial charge in [0.15, 0.2) is 0 Å². The quantitative estimate of drug-likeness (QED) is 0.632. The van der Waals surface area contributed by atoms with Gasteiger partial charge in [-0.1, -0.05) is 0 Å². The van der Waals surface area contributed by atoms with Crippen LogP contribution < -0.4 is 16.0 Å². The molecule has 3 amide bonds. The average Bonchev–Trinajstić information content (AvgIpc) is 2.40. The molecular formula is C12H13BrFN3O4. The smallest absolute Gasteiger partial charge is 0.322 e. The predicted octanol–water partition coefficient (Wildman–Crippen LogP) is 1.22. The van der Waals surface area contributed by atoms with Gasteiger partial charge in [0.25, 0.3) is 0 Å². The van der Waals surface area contributed by atoms with Gasteiger partial charge in [0.2, 0.25) is 5.91 Å². The van der Waals surface area contributed by atoms with Crippen molar-refractivity contribution in [3.05, 3.63) is 28.0 Å². The maximum atomic E-state index is 13.2. The number of rotatable bonds is 5. The minimum Gasteiger partial charge on any atom is -0.480 e. The van der Waals surface area contributed by atoms with Gasteiger partial charge in [-0.2, -0.15) is 0 Å². The molecule has 0 aromatic heterocycles. The van der Waals surface area contributed by atoms with Crippen LogP contribution in [-0.2, 0) is 9.59 Å². The van der Waals surface area contributed by atoms with Gasteiger partial charge in [-0.3, -0.25) is 9.59 Å². The third-order valence-corrected chi connectivity index (χ3v) is 2.97. The molecule has 1 aromatic carbocycles. The van der Waals surface area contributed by atoms with Crippen molar-refractivity contribution in [2.45, 2.75) is 6.92 Å². The summed E-state index contributed by atoms with van der Waals surface area (Å²) in [6.07, 6.45) is 0. The first-order valence-corrected chi connectivity index (χ1v) is 6.58. The Morgan fingerprint density at radius 1 is 1.24 bits per heavy atom. The number of aryl methyl sites for hydroxylation is 1. The van der Waals surface area contributed by atoms with Crippen LogP contribution in [0, 0.1) is 12.7 Å². The number of benzene rings is 1. The predicted molar refractivity (Wildman–Crippen MR) is 76.5 cm³/mol. The number of hydrogen-bond donors (Lipinski definition) is 4. The van der Waals surface area contributed by atoms with E-state index in [0.717, 1.165) is 0 Å². The highest BCUT2D eigenvalue weighted by molar-refractivity contribution is 9.10. The molecule has 0 saturated heterocycles. The van der Waals surface area contributed by atoms with Crippen molar-refractivity contribution in [3.63, 3.8) is 0 Å². The fraction of sp³-hybridized carbons (Fsp3) is 0.250. The summed E-state index contributed by atoms with van der Waals surface area (Å²) < 4.78 is 13.4. The van der Waals surface area contributed by atoms with Crippen molar-refractivity contribution in [2.24, 2.45) is 0 Å². The summed E-state index contributed by atoms with van der Waals surface area (Å²) >= 11 is 3.00. The Kier molecular flexibility index (Phi) is 6.10. The summed E-state index contributed by atoms with van der Waals surface area (Å²) in [6.45, 7) is 0.720. The Bertz CT molecular complexity index is 580. The summed E-state index contributed by atoms with van der Waals surface area (Å²) in [6, 6.07) is 1.98. The number of hydrogen-bond acceptors (Lipinski definition) is 3. The monoisotopic (exact) mass is 361 g/mol. The first-order valence-electron chi connectivity index (χ1n) is 5.78. The molecule has 21 heavy (non-hydrogen) atoms. The molecule has 1 rings (SSSR count). The zero-order chi connectivity index (χ0) is 16.0. The zero-order valence-corrected chi connectivity index (χ0v) is 12.6. The summed E-state index contributed by atoms with van der Waals surface area (Å²) in [5.74, 6) is -2.27. The van der Waals surface area contributed by atoms with Crippen LogP contribution in [0.4, 0.5) is 14.9 Å². The number of carbonyl (C=O) groups is 3. The molecular weight excluding hydrogens is 349 g/mol. The SMILES string of the molecule is Cc1cc(F)c(Br)cc1NC(=O)NCC(=O)NCC(=O)O. The lowest BCUT2D eigenvalue weighted by molar-refractivity contribution is -0.137. The van der Waals surface area contributed by atoms with Crippen LogP contribution in [0.3, 0.4) is 0 Å². The summed E-state index contributed by atoms with van der Waals surface area (Å²) in [7, 11) is 0. The first-order chi connectivity index (χ1) is 9.79. The fourth-order valence-electron chi connectivity index (χ4n) is 1.34. The number of aliphatic carboxylic acids is 1. The second-order valence-corrected chi connectivity index (χ2v) is 4.91. The molecule has 4 N–H and O–H groups in total. The minimum absolute atomic E-state index is 0.197. The van der Waals surface area contributed by atoms with Gasteiger partial charge in [0.05, 0.1) is 11.0 Å². The fourth-order valence-corrected chi connectivity index (χ4v) is 1.69. The molecule has 0 spiro atoms. The topological polar surface area (TPSA) is 108 Å². The molecule has 114 valence electrons. The molecule has 0 radical (unpaired) electrons. The number of anilines is 1. The van der Waals surface area contributed by atoms with Gasteiger partial charge in [0.1, 0.15) is 12.4 Å². The van der Waals surface area contributed by atoms with Crippen LogP contribution in [-0.4, -0.2) is 36.1 Å². The van der Waals surface area contributed by atoms with E-state index in [2.05, 4.69) is 31.9 Å². The lowest BCUT2D eigenvalue weighted by Gasteiger charge is -2.10. The first kappa shape index (κ1) is 16.9. The van der Waals surface area contributed by atoms with Crippen LogP contribution in [0.25, 0.3) is 0 Å². The van der Waals surface area contributed by atoms with E-state index in [1.54, 1.807) is 6.92 Å². The molecule has 0 saturated carbocycles. The molecule has 1 aromatic rings. The minimum atomic E-state index is -1.18. The lowest BCUT2D eigenvalue weighted by atomic mass is 10.2. The third-order valence-electron chi connectivity index (χ3n) is 2.36. The van der Waals surface area contributed by atoms with E-state index >= 15 is 0 Å². The maximum absolute atomic E-state index is 13.2. The van der Waals surface area contributed by atoms with E-state index in [1.165, 1.54) is 12.1 Å². The summed E-state index contributed by atoms with van der Waals surface area (Å²) in [5, 5.41) is 15.2. The van der Waals surface area contributed by atoms with E-state index in [9.17, 15) is 18.8 Å². The van der Waals surface area contributed by atoms with Crippen LogP contribution in [0.2, 0.25) is 0 Å². The molecule has 9 heteroatoms. The van der Waals surface area contributed by atoms with Crippen molar-refractivity contribution in [2.75, 3.05) is 18.4 Å². The Balaban J connectivity index is 2.49. The Morgan fingerprint density at radius 3 is 2.52 bits per heavy atom. The van der Waals surface area contributed by atoms with Crippen molar-refractivity contribution in [1.29, 1.82) is 0 Å². The van der Waals surface area contributed by atoms with Crippen LogP contribution in [0.5, 0.6) is 0 Å². The number of halogens is 2.